The van der Waals surface area contributed by atoms with E-state index in [4.69, 9.17) is 0 Å². The number of rotatable bonds is 4. The smallest absolute Gasteiger partial charge is 0.262 e. The maximum Gasteiger partial charge on any atom is 0.262 e. The summed E-state index contributed by atoms with van der Waals surface area (Å²) in [6.07, 6.45) is 1.46. The van der Waals surface area contributed by atoms with E-state index in [1.165, 1.54) is 22.2 Å². The predicted octanol–water partition coefficient (Wildman–Crippen LogP) is 3.29. The number of amides is 1. The van der Waals surface area contributed by atoms with Crippen LogP contribution in [0.15, 0.2) is 52.9 Å². The molecule has 0 fully saturated rings. The van der Waals surface area contributed by atoms with E-state index in [9.17, 15) is 9.59 Å². The van der Waals surface area contributed by atoms with Gasteiger partial charge in [-0.2, -0.15) is 0 Å². The standard InChI is InChI=1S/C19H21N3O2S/c1-19(2,3)22(11-14-7-5-4-6-8-14)16(23)12-21-13-20-17-15(18(21)24)9-10-25-17/h4-10,13H,11-12H2,1-3H3. The molecular weight excluding hydrogens is 334 g/mol. The van der Waals surface area contributed by atoms with Crippen LogP contribution in [0.25, 0.3) is 10.2 Å². The van der Waals surface area contributed by atoms with Gasteiger partial charge in [-0.3, -0.25) is 14.2 Å². The molecule has 5 nitrogen and oxygen atoms in total. The first-order valence-electron chi connectivity index (χ1n) is 8.13. The van der Waals surface area contributed by atoms with Gasteiger partial charge in [0.25, 0.3) is 5.56 Å². The number of carbonyl (C=O) groups excluding carboxylic acids is 1. The van der Waals surface area contributed by atoms with Gasteiger partial charge < -0.3 is 4.90 Å². The lowest BCUT2D eigenvalue weighted by Gasteiger charge is -2.36. The van der Waals surface area contributed by atoms with Crippen molar-refractivity contribution in [2.24, 2.45) is 0 Å². The lowest BCUT2D eigenvalue weighted by atomic mass is 10.0. The van der Waals surface area contributed by atoms with Gasteiger partial charge in [0.2, 0.25) is 5.91 Å². The van der Waals surface area contributed by atoms with Gasteiger partial charge >= 0.3 is 0 Å². The van der Waals surface area contributed by atoms with Crippen LogP contribution in [0.4, 0.5) is 0 Å². The van der Waals surface area contributed by atoms with Crippen LogP contribution in [-0.2, 0) is 17.9 Å². The van der Waals surface area contributed by atoms with E-state index < -0.39 is 0 Å². The van der Waals surface area contributed by atoms with Crippen LogP contribution >= 0.6 is 11.3 Å². The second kappa shape index (κ2) is 6.80. The van der Waals surface area contributed by atoms with Gasteiger partial charge in [-0.1, -0.05) is 30.3 Å². The van der Waals surface area contributed by atoms with Gasteiger partial charge in [-0.05, 0) is 37.8 Å². The molecule has 25 heavy (non-hydrogen) atoms. The summed E-state index contributed by atoms with van der Waals surface area (Å²) < 4.78 is 1.39. The third-order valence-electron chi connectivity index (χ3n) is 4.05. The number of fused-ring (bicyclic) bond motifs is 1. The van der Waals surface area contributed by atoms with Crippen LogP contribution in [0, 0.1) is 0 Å². The fourth-order valence-electron chi connectivity index (χ4n) is 2.70. The molecule has 0 saturated heterocycles. The van der Waals surface area contributed by atoms with E-state index in [1.807, 2.05) is 56.5 Å². The van der Waals surface area contributed by atoms with Gasteiger partial charge in [-0.15, -0.1) is 11.3 Å². The first kappa shape index (κ1) is 17.4. The molecule has 6 heteroatoms. The molecule has 0 bridgehead atoms. The van der Waals surface area contributed by atoms with Gasteiger partial charge in [0.05, 0.1) is 11.7 Å². The monoisotopic (exact) mass is 355 g/mol. The van der Waals surface area contributed by atoms with Crippen molar-refractivity contribution < 1.29 is 4.79 Å². The van der Waals surface area contributed by atoms with Crippen LogP contribution in [-0.4, -0.2) is 25.9 Å². The van der Waals surface area contributed by atoms with Crippen LogP contribution in [0.5, 0.6) is 0 Å². The molecular formula is C19H21N3O2S. The zero-order valence-corrected chi connectivity index (χ0v) is 15.4. The summed E-state index contributed by atoms with van der Waals surface area (Å²) in [5, 5.41) is 2.40. The molecule has 1 aromatic carbocycles. The fraction of sp³-hybridized carbons (Fsp3) is 0.316. The maximum absolute atomic E-state index is 12.9. The topological polar surface area (TPSA) is 55.2 Å². The van der Waals surface area contributed by atoms with Crippen molar-refractivity contribution in [2.75, 3.05) is 0 Å². The lowest BCUT2D eigenvalue weighted by molar-refractivity contribution is -0.137. The molecule has 0 saturated carbocycles. The zero-order valence-electron chi connectivity index (χ0n) is 14.6. The largest absolute Gasteiger partial charge is 0.332 e. The van der Waals surface area contributed by atoms with Gasteiger partial charge in [0, 0.05) is 12.1 Å². The molecule has 2 aromatic heterocycles. The Balaban J connectivity index is 1.87. The Hall–Kier alpha value is -2.47. The van der Waals surface area contributed by atoms with Crippen molar-refractivity contribution in [1.82, 2.24) is 14.5 Å². The van der Waals surface area contributed by atoms with E-state index in [2.05, 4.69) is 4.98 Å². The molecule has 0 N–H and O–H groups in total. The highest BCUT2D eigenvalue weighted by Crippen LogP contribution is 2.18. The highest BCUT2D eigenvalue weighted by Gasteiger charge is 2.27. The van der Waals surface area contributed by atoms with Crippen LogP contribution in [0.1, 0.15) is 26.3 Å². The Bertz CT molecular complexity index is 938. The van der Waals surface area contributed by atoms with E-state index in [0.29, 0.717) is 16.8 Å². The molecule has 130 valence electrons. The molecule has 3 rings (SSSR count). The fourth-order valence-corrected chi connectivity index (χ4v) is 3.43. The molecule has 0 aliphatic rings. The summed E-state index contributed by atoms with van der Waals surface area (Å²) in [5.41, 5.74) is 0.536. The second-order valence-electron chi connectivity index (χ2n) is 6.95. The van der Waals surface area contributed by atoms with Crippen molar-refractivity contribution in [3.63, 3.8) is 0 Å². The first-order chi connectivity index (χ1) is 11.9. The summed E-state index contributed by atoms with van der Waals surface area (Å²) in [4.78, 5) is 32.2. The first-order valence-corrected chi connectivity index (χ1v) is 9.01. The predicted molar refractivity (Wildman–Crippen MR) is 101 cm³/mol. The average Bonchev–Trinajstić information content (AvgIpc) is 3.04. The van der Waals surface area contributed by atoms with E-state index in [1.54, 1.807) is 11.0 Å². The van der Waals surface area contributed by atoms with Gasteiger partial charge in [0.1, 0.15) is 11.4 Å². The number of aromatic nitrogens is 2. The average molecular weight is 355 g/mol. The Kier molecular flexibility index (Phi) is 4.72. The Morgan fingerprint density at radius 2 is 1.92 bits per heavy atom. The van der Waals surface area contributed by atoms with Crippen LogP contribution < -0.4 is 5.56 Å². The quantitative estimate of drug-likeness (QED) is 0.722. The summed E-state index contributed by atoms with van der Waals surface area (Å²) in [6.45, 7) is 6.48. The molecule has 0 unspecified atom stereocenters. The SMILES string of the molecule is CC(C)(C)N(Cc1ccccc1)C(=O)Cn1cnc2sccc2c1=O. The molecule has 3 aromatic rings. The highest BCUT2D eigenvalue weighted by atomic mass is 32.1. The molecule has 0 radical (unpaired) electrons. The third-order valence-corrected chi connectivity index (χ3v) is 4.87. The molecule has 0 atom stereocenters. The summed E-state index contributed by atoms with van der Waals surface area (Å²) in [6, 6.07) is 11.6. The normalized spacial score (nSPS) is 11.6. The molecule has 1 amide bonds. The van der Waals surface area contributed by atoms with Crippen molar-refractivity contribution in [3.05, 3.63) is 64.0 Å². The summed E-state index contributed by atoms with van der Waals surface area (Å²) >= 11 is 1.42. The zero-order chi connectivity index (χ0) is 18.0. The summed E-state index contributed by atoms with van der Waals surface area (Å²) in [5.74, 6) is -0.102. The van der Waals surface area contributed by atoms with Gasteiger partial charge in [-0.25, -0.2) is 4.98 Å². The molecule has 0 aliphatic carbocycles. The van der Waals surface area contributed by atoms with E-state index in [0.717, 1.165) is 5.56 Å². The Labute approximate surface area is 150 Å². The number of hydrogen-bond acceptors (Lipinski definition) is 4. The van der Waals surface area contributed by atoms with Crippen LogP contribution in [0.2, 0.25) is 0 Å². The molecule has 0 spiro atoms. The second-order valence-corrected chi connectivity index (χ2v) is 7.85. The van der Waals surface area contributed by atoms with Crippen LogP contribution in [0.3, 0.4) is 0 Å². The molecule has 2 heterocycles. The van der Waals surface area contributed by atoms with E-state index >= 15 is 0 Å². The number of carbonyl (C=O) groups is 1. The lowest BCUT2D eigenvalue weighted by Crippen LogP contribution is -2.47. The molecule has 0 aliphatic heterocycles. The highest BCUT2D eigenvalue weighted by molar-refractivity contribution is 7.16. The number of thiophene rings is 1. The Morgan fingerprint density at radius 3 is 2.60 bits per heavy atom. The van der Waals surface area contributed by atoms with E-state index in [-0.39, 0.29) is 23.6 Å². The minimum absolute atomic E-state index is 0.0122. The van der Waals surface area contributed by atoms with Crippen molar-refractivity contribution in [1.29, 1.82) is 0 Å². The maximum atomic E-state index is 12.9. The minimum atomic E-state index is -0.351. The van der Waals surface area contributed by atoms with Crippen molar-refractivity contribution >= 4 is 27.5 Å². The van der Waals surface area contributed by atoms with Gasteiger partial charge in [0.15, 0.2) is 0 Å². The number of hydrogen-bond donors (Lipinski definition) is 0. The summed E-state index contributed by atoms with van der Waals surface area (Å²) in [7, 11) is 0. The number of nitrogens with zero attached hydrogens (tertiary/aromatic N) is 3. The minimum Gasteiger partial charge on any atom is -0.332 e. The number of benzene rings is 1. The van der Waals surface area contributed by atoms with Crippen molar-refractivity contribution in [2.45, 2.75) is 39.4 Å². The van der Waals surface area contributed by atoms with Crippen molar-refractivity contribution in [3.8, 4) is 0 Å². The third kappa shape index (κ3) is 3.79. The Morgan fingerprint density at radius 1 is 1.20 bits per heavy atom.